The van der Waals surface area contributed by atoms with Crippen LogP contribution in [0.2, 0.25) is 0 Å². The largest absolute Gasteiger partial charge is 0.376 e. The summed E-state index contributed by atoms with van der Waals surface area (Å²) in [5.41, 5.74) is 0.153. The Morgan fingerprint density at radius 3 is 2.71 bits per heavy atom. The maximum atomic E-state index is 11.7. The Bertz CT molecular complexity index is 674. The molecule has 0 amide bonds. The Balaban J connectivity index is 2.23. The highest BCUT2D eigenvalue weighted by Gasteiger charge is 2.39. The van der Waals surface area contributed by atoms with Crippen molar-refractivity contribution >= 4 is 12.2 Å². The lowest BCUT2D eigenvalue weighted by Crippen LogP contribution is -2.36. The monoisotopic (exact) mass is 356 g/mol. The third-order valence-corrected chi connectivity index (χ3v) is 4.05. The van der Waals surface area contributed by atoms with E-state index in [0.29, 0.717) is 23.4 Å². The van der Waals surface area contributed by atoms with E-state index in [1.54, 1.807) is 17.7 Å². The molecule has 1 fully saturated rings. The summed E-state index contributed by atoms with van der Waals surface area (Å²) in [4.78, 5) is 14.4. The molecule has 1 aliphatic rings. The average Bonchev–Trinajstić information content (AvgIpc) is 2.81. The van der Waals surface area contributed by atoms with E-state index < -0.39 is 0 Å². The van der Waals surface area contributed by atoms with Crippen molar-refractivity contribution in [3.63, 3.8) is 0 Å². The summed E-state index contributed by atoms with van der Waals surface area (Å²) in [6.07, 6.45) is 1.98. The van der Waals surface area contributed by atoms with E-state index in [1.807, 2.05) is 34.6 Å². The Morgan fingerprint density at radius 2 is 2.12 bits per heavy atom. The molecule has 1 aromatic heterocycles. The molecule has 0 unspecified atom stereocenters. The predicted molar refractivity (Wildman–Crippen MR) is 94.9 cm³/mol. The summed E-state index contributed by atoms with van der Waals surface area (Å²) in [5, 5.41) is 0. The second-order valence-corrected chi connectivity index (χ2v) is 7.88. The molecule has 0 bridgehead atoms. The highest BCUT2D eigenvalue weighted by molar-refractivity contribution is 7.71. The number of H-pyrrole nitrogens is 1. The van der Waals surface area contributed by atoms with E-state index in [9.17, 15) is 4.79 Å². The number of aromatic amines is 1. The topological polar surface area (TPSA) is 65.5 Å². The van der Waals surface area contributed by atoms with Gasteiger partial charge in [-0.3, -0.25) is 14.3 Å². The summed E-state index contributed by atoms with van der Waals surface area (Å²) >= 11 is 5.28. The van der Waals surface area contributed by atoms with Crippen molar-refractivity contribution in [3.05, 3.63) is 26.9 Å². The van der Waals surface area contributed by atoms with E-state index in [0.717, 1.165) is 0 Å². The zero-order chi connectivity index (χ0) is 18.1. The first-order valence-electron chi connectivity index (χ1n) is 8.34. The van der Waals surface area contributed by atoms with Crippen molar-refractivity contribution in [3.8, 4) is 0 Å². The molecule has 0 radical (unpaired) electrons. The lowest BCUT2D eigenvalue weighted by atomic mass is 10.1. The molecule has 0 spiro atoms. The number of rotatable bonds is 5. The number of aromatic nitrogens is 2. The first kappa shape index (κ1) is 19.3. The Morgan fingerprint density at radius 1 is 1.46 bits per heavy atom. The quantitative estimate of drug-likeness (QED) is 0.821. The summed E-state index contributed by atoms with van der Waals surface area (Å²) in [7, 11) is 0. The van der Waals surface area contributed by atoms with Gasteiger partial charge in [-0.2, -0.15) is 0 Å². The SMILES string of the molecule is Cc1cn([C@H]2C[C@@H](OC(C)(C)C)[C@@H](COC(C)C)O2)c(=S)[nH]c1=O. The highest BCUT2D eigenvalue weighted by atomic mass is 32.1. The van der Waals surface area contributed by atoms with Crippen molar-refractivity contribution in [1.82, 2.24) is 9.55 Å². The number of nitrogens with zero attached hydrogens (tertiary/aromatic N) is 1. The van der Waals surface area contributed by atoms with Gasteiger partial charge in [-0.25, -0.2) is 0 Å². The maximum Gasteiger partial charge on any atom is 0.254 e. The van der Waals surface area contributed by atoms with Gasteiger partial charge in [0.05, 0.1) is 24.4 Å². The Hall–Kier alpha value is -1.02. The van der Waals surface area contributed by atoms with Crippen LogP contribution < -0.4 is 5.56 Å². The molecule has 24 heavy (non-hydrogen) atoms. The van der Waals surface area contributed by atoms with Gasteiger partial charge in [0.25, 0.3) is 5.56 Å². The zero-order valence-electron chi connectivity index (χ0n) is 15.3. The molecule has 2 rings (SSSR count). The number of ether oxygens (including phenoxy) is 3. The van der Waals surface area contributed by atoms with Gasteiger partial charge < -0.3 is 14.2 Å². The van der Waals surface area contributed by atoms with Crippen LogP contribution in [-0.2, 0) is 14.2 Å². The van der Waals surface area contributed by atoms with E-state index in [1.165, 1.54) is 0 Å². The number of aryl methyl sites for hydroxylation is 1. The third-order valence-electron chi connectivity index (χ3n) is 3.74. The maximum absolute atomic E-state index is 11.7. The Labute approximate surface area is 148 Å². The summed E-state index contributed by atoms with van der Waals surface area (Å²) in [5.74, 6) is 0. The fraction of sp³-hybridized carbons (Fsp3) is 0.765. The van der Waals surface area contributed by atoms with Gasteiger partial charge in [0.15, 0.2) is 4.77 Å². The van der Waals surface area contributed by atoms with Gasteiger partial charge in [0.2, 0.25) is 0 Å². The van der Waals surface area contributed by atoms with Crippen LogP contribution in [0.5, 0.6) is 0 Å². The van der Waals surface area contributed by atoms with Crippen LogP contribution >= 0.6 is 12.2 Å². The second-order valence-electron chi connectivity index (χ2n) is 7.49. The van der Waals surface area contributed by atoms with Gasteiger partial charge in [0, 0.05) is 18.2 Å². The standard InChI is InChI=1S/C17H28N2O4S/c1-10(2)21-9-13-12(23-17(4,5)6)7-14(22-13)19-8-11(3)15(20)18-16(19)24/h8,10,12-14H,7,9H2,1-6H3,(H,18,20,24)/t12-,13-,14-/m1/s1. The molecule has 1 aromatic rings. The fourth-order valence-electron chi connectivity index (χ4n) is 2.69. The molecule has 0 aromatic carbocycles. The second kappa shape index (κ2) is 7.47. The Kier molecular flexibility index (Phi) is 6.01. The van der Waals surface area contributed by atoms with Gasteiger partial charge in [-0.05, 0) is 53.8 Å². The van der Waals surface area contributed by atoms with Crippen LogP contribution in [0.25, 0.3) is 0 Å². The fourth-order valence-corrected chi connectivity index (χ4v) is 2.95. The number of nitrogens with one attached hydrogen (secondary N) is 1. The van der Waals surface area contributed by atoms with Crippen molar-refractivity contribution in [1.29, 1.82) is 0 Å². The van der Waals surface area contributed by atoms with Crippen LogP contribution in [0.1, 0.15) is 52.8 Å². The van der Waals surface area contributed by atoms with Gasteiger partial charge in [-0.15, -0.1) is 0 Å². The van der Waals surface area contributed by atoms with Crippen molar-refractivity contribution in [2.75, 3.05) is 6.61 Å². The average molecular weight is 356 g/mol. The minimum atomic E-state index is -0.277. The van der Waals surface area contributed by atoms with Crippen LogP contribution in [0.3, 0.4) is 0 Å². The summed E-state index contributed by atoms with van der Waals surface area (Å²) < 4.78 is 20.2. The zero-order valence-corrected chi connectivity index (χ0v) is 16.1. The lowest BCUT2D eigenvalue weighted by molar-refractivity contribution is -0.119. The molecule has 6 nitrogen and oxygen atoms in total. The van der Waals surface area contributed by atoms with E-state index in [2.05, 4.69) is 4.98 Å². The number of hydrogen-bond donors (Lipinski definition) is 1. The van der Waals surface area contributed by atoms with Crippen LogP contribution in [0.4, 0.5) is 0 Å². The summed E-state index contributed by atoms with van der Waals surface area (Å²) in [6.45, 7) is 12.3. The van der Waals surface area contributed by atoms with Crippen LogP contribution in [0, 0.1) is 11.7 Å². The van der Waals surface area contributed by atoms with Crippen LogP contribution in [-0.4, -0.2) is 40.1 Å². The molecule has 3 atom stereocenters. The van der Waals surface area contributed by atoms with E-state index in [4.69, 9.17) is 26.4 Å². The summed E-state index contributed by atoms with van der Waals surface area (Å²) in [6, 6.07) is 0. The molecule has 7 heteroatoms. The van der Waals surface area contributed by atoms with Crippen LogP contribution in [0.15, 0.2) is 11.0 Å². The van der Waals surface area contributed by atoms with Crippen molar-refractivity contribution in [2.24, 2.45) is 0 Å². The van der Waals surface area contributed by atoms with Gasteiger partial charge >= 0.3 is 0 Å². The molecular weight excluding hydrogens is 328 g/mol. The van der Waals surface area contributed by atoms with Gasteiger partial charge in [0.1, 0.15) is 12.3 Å². The molecule has 1 saturated heterocycles. The smallest absolute Gasteiger partial charge is 0.254 e. The lowest BCUT2D eigenvalue weighted by Gasteiger charge is -2.27. The van der Waals surface area contributed by atoms with Gasteiger partial charge in [-0.1, -0.05) is 0 Å². The molecule has 1 aliphatic heterocycles. The molecule has 0 saturated carbocycles. The van der Waals surface area contributed by atoms with E-state index >= 15 is 0 Å². The molecular formula is C17H28N2O4S. The molecule has 2 heterocycles. The van der Waals surface area contributed by atoms with Crippen molar-refractivity contribution in [2.45, 2.75) is 78.1 Å². The minimum absolute atomic E-state index is 0.0946. The normalized spacial score (nSPS) is 24.7. The van der Waals surface area contributed by atoms with E-state index in [-0.39, 0.29) is 35.7 Å². The molecule has 0 aliphatic carbocycles. The number of hydrogen-bond acceptors (Lipinski definition) is 5. The highest BCUT2D eigenvalue weighted by Crippen LogP contribution is 2.33. The van der Waals surface area contributed by atoms with Crippen molar-refractivity contribution < 1.29 is 14.2 Å². The first-order valence-corrected chi connectivity index (χ1v) is 8.74. The first-order chi connectivity index (χ1) is 11.1. The third kappa shape index (κ3) is 4.99. The predicted octanol–water partition coefficient (Wildman–Crippen LogP) is 3.11. The molecule has 1 N–H and O–H groups in total. The molecule has 136 valence electrons. The minimum Gasteiger partial charge on any atom is -0.376 e.